The number of nitrogens with two attached hydrogens (primary N) is 1. The summed E-state index contributed by atoms with van der Waals surface area (Å²) >= 11 is 0. The molecule has 48 heavy (non-hydrogen) atoms. The first-order chi connectivity index (χ1) is 22.9. The van der Waals surface area contributed by atoms with Crippen molar-refractivity contribution in [1.82, 2.24) is 16.0 Å². The number of carbonyl (C=O) groups is 3. The maximum atomic E-state index is 14.0. The van der Waals surface area contributed by atoms with Crippen molar-refractivity contribution in [2.24, 2.45) is 5.92 Å². The highest BCUT2D eigenvalue weighted by molar-refractivity contribution is 7.93. The molecule has 3 aromatic carbocycles. The van der Waals surface area contributed by atoms with E-state index in [0.717, 1.165) is 11.1 Å². The first-order valence-corrected chi connectivity index (χ1v) is 17.7. The van der Waals surface area contributed by atoms with E-state index in [1.807, 2.05) is 81.4 Å². The largest absolute Gasteiger partial charge is 0.479 e. The lowest BCUT2D eigenvalue weighted by atomic mass is 9.84. The van der Waals surface area contributed by atoms with Gasteiger partial charge >= 0.3 is 12.1 Å². The molecule has 0 bridgehead atoms. The van der Waals surface area contributed by atoms with E-state index in [-0.39, 0.29) is 36.6 Å². The Morgan fingerprint density at radius 1 is 0.875 bits per heavy atom. The molecule has 3 atom stereocenters. The zero-order valence-corrected chi connectivity index (χ0v) is 28.8. The van der Waals surface area contributed by atoms with E-state index in [1.54, 1.807) is 0 Å². The standard InChI is InChI=1S/C36H48N4O7S/c1-5-29(17-12-23-36(34(42)43,38-24-22-25(2)3)48(45,46)30-20-18-28(37)19-21-30)39-33(41)32(40-35(44)47-4)31(26-13-8-6-9-14-26)27-15-10-7-11-16-27/h6-11,13-16,18-21,25,29,31-32,38H,5,12,17,22-24,37H2,1-4H3,(H,39,41)(H,40,44)(H,42,43)/t29-,32-,36-/m0/s1. The van der Waals surface area contributed by atoms with Crippen LogP contribution in [0.15, 0.2) is 89.8 Å². The number of carboxylic acids is 1. The monoisotopic (exact) mass is 680 g/mol. The molecule has 0 aliphatic carbocycles. The third kappa shape index (κ3) is 9.57. The second-order valence-electron chi connectivity index (χ2n) is 12.2. The van der Waals surface area contributed by atoms with Crippen molar-refractivity contribution >= 4 is 33.5 Å². The maximum Gasteiger partial charge on any atom is 0.407 e. The maximum absolute atomic E-state index is 14.0. The number of aliphatic carboxylic acids is 1. The molecule has 0 aliphatic rings. The number of carboxylic acid groups (broad SMARTS) is 1. The topological polar surface area (TPSA) is 177 Å². The van der Waals surface area contributed by atoms with Gasteiger partial charge in [0.15, 0.2) is 0 Å². The molecule has 0 radical (unpaired) electrons. The molecule has 0 heterocycles. The quantitative estimate of drug-likeness (QED) is 0.115. The van der Waals surface area contributed by atoms with Gasteiger partial charge in [0.05, 0.1) is 12.0 Å². The van der Waals surface area contributed by atoms with Crippen molar-refractivity contribution in [3.8, 4) is 0 Å². The number of nitrogens with one attached hydrogen (secondary N) is 3. The molecule has 12 heteroatoms. The van der Waals surface area contributed by atoms with Gasteiger partial charge in [0.2, 0.25) is 20.6 Å². The summed E-state index contributed by atoms with van der Waals surface area (Å²) in [6.45, 7) is 5.98. The number of amides is 2. The summed E-state index contributed by atoms with van der Waals surface area (Å²) in [6, 6.07) is 22.6. The minimum atomic E-state index is -4.42. The summed E-state index contributed by atoms with van der Waals surface area (Å²) in [7, 11) is -3.20. The minimum absolute atomic E-state index is 0.152. The van der Waals surface area contributed by atoms with Gasteiger partial charge in [0, 0.05) is 17.6 Å². The van der Waals surface area contributed by atoms with Crippen molar-refractivity contribution in [2.45, 2.75) is 80.6 Å². The van der Waals surface area contributed by atoms with Gasteiger partial charge in [-0.3, -0.25) is 10.1 Å². The van der Waals surface area contributed by atoms with Gasteiger partial charge in [0.1, 0.15) is 6.04 Å². The highest BCUT2D eigenvalue weighted by Crippen LogP contribution is 2.32. The first-order valence-electron chi connectivity index (χ1n) is 16.2. The molecule has 0 saturated carbocycles. The van der Waals surface area contributed by atoms with Crippen LogP contribution in [0.3, 0.4) is 0 Å². The van der Waals surface area contributed by atoms with E-state index in [1.165, 1.54) is 31.4 Å². The Kier molecular flexibility index (Phi) is 14.0. The summed E-state index contributed by atoms with van der Waals surface area (Å²) in [5.41, 5.74) is 7.73. The predicted molar refractivity (Wildman–Crippen MR) is 186 cm³/mol. The van der Waals surface area contributed by atoms with Crippen LogP contribution in [0.25, 0.3) is 0 Å². The van der Waals surface area contributed by atoms with Gasteiger partial charge in [0.25, 0.3) is 0 Å². The number of sulfone groups is 1. The van der Waals surface area contributed by atoms with Crippen LogP contribution in [0.2, 0.25) is 0 Å². The number of nitrogen functional groups attached to an aromatic ring is 1. The molecule has 11 nitrogen and oxygen atoms in total. The smallest absolute Gasteiger partial charge is 0.407 e. The van der Waals surface area contributed by atoms with Gasteiger partial charge in [-0.05, 0) is 80.0 Å². The van der Waals surface area contributed by atoms with E-state index in [0.29, 0.717) is 18.5 Å². The number of alkyl carbamates (subject to hydrolysis) is 1. The molecule has 3 aromatic rings. The van der Waals surface area contributed by atoms with Crippen molar-refractivity contribution in [2.75, 3.05) is 19.4 Å². The average molecular weight is 681 g/mol. The summed E-state index contributed by atoms with van der Waals surface area (Å²) < 4.78 is 32.8. The third-order valence-electron chi connectivity index (χ3n) is 8.44. The molecule has 0 fully saturated rings. The molecular formula is C36H48N4O7S. The van der Waals surface area contributed by atoms with Crippen molar-refractivity contribution < 1.29 is 32.6 Å². The second kappa shape index (κ2) is 17.7. The van der Waals surface area contributed by atoms with Crippen LogP contribution in [0.4, 0.5) is 10.5 Å². The summed E-state index contributed by atoms with van der Waals surface area (Å²) in [6.07, 6.45) is 0.463. The van der Waals surface area contributed by atoms with Gasteiger partial charge in [-0.25, -0.2) is 18.0 Å². The molecule has 3 rings (SSSR count). The van der Waals surface area contributed by atoms with Crippen LogP contribution in [0.1, 0.15) is 69.9 Å². The Balaban J connectivity index is 1.89. The molecule has 0 aliphatic heterocycles. The zero-order chi connectivity index (χ0) is 35.3. The minimum Gasteiger partial charge on any atom is -0.479 e. The van der Waals surface area contributed by atoms with Crippen LogP contribution < -0.4 is 21.7 Å². The highest BCUT2D eigenvalue weighted by Gasteiger charge is 2.51. The number of hydrogen-bond donors (Lipinski definition) is 5. The van der Waals surface area contributed by atoms with Gasteiger partial charge in [-0.2, -0.15) is 0 Å². The van der Waals surface area contributed by atoms with Gasteiger partial charge < -0.3 is 26.2 Å². The van der Waals surface area contributed by atoms with E-state index < -0.39 is 50.7 Å². The fourth-order valence-electron chi connectivity index (χ4n) is 5.68. The zero-order valence-electron chi connectivity index (χ0n) is 28.0. The Morgan fingerprint density at radius 3 is 1.92 bits per heavy atom. The molecule has 260 valence electrons. The van der Waals surface area contributed by atoms with Gasteiger partial charge in [-0.1, -0.05) is 81.4 Å². The number of methoxy groups -OCH3 is 1. The molecule has 0 saturated heterocycles. The predicted octanol–water partition coefficient (Wildman–Crippen LogP) is 5.08. The Morgan fingerprint density at radius 2 is 1.44 bits per heavy atom. The molecule has 2 amide bonds. The molecule has 0 aromatic heterocycles. The molecular weight excluding hydrogens is 632 g/mol. The van der Waals surface area contributed by atoms with E-state index in [2.05, 4.69) is 16.0 Å². The first kappa shape index (κ1) is 38.0. The van der Waals surface area contributed by atoms with Gasteiger partial charge in [-0.15, -0.1) is 0 Å². The van der Waals surface area contributed by atoms with E-state index in [4.69, 9.17) is 10.5 Å². The van der Waals surface area contributed by atoms with Crippen LogP contribution in [0.5, 0.6) is 0 Å². The normalized spacial score (nSPS) is 14.1. The Labute approximate surface area is 283 Å². The Hall–Kier alpha value is -4.42. The Bertz CT molecular complexity index is 1550. The average Bonchev–Trinajstić information content (AvgIpc) is 3.07. The van der Waals surface area contributed by atoms with Crippen molar-refractivity contribution in [3.63, 3.8) is 0 Å². The second-order valence-corrected chi connectivity index (χ2v) is 14.4. The summed E-state index contributed by atoms with van der Waals surface area (Å²) in [4.78, 5) is 36.9. The summed E-state index contributed by atoms with van der Waals surface area (Å²) in [5.74, 6) is -2.31. The van der Waals surface area contributed by atoms with Crippen LogP contribution in [0, 0.1) is 5.92 Å². The number of anilines is 1. The number of hydrogen-bond acceptors (Lipinski definition) is 8. The summed E-state index contributed by atoms with van der Waals surface area (Å²) in [5, 5.41) is 19.1. The van der Waals surface area contributed by atoms with Crippen LogP contribution >= 0.6 is 0 Å². The van der Waals surface area contributed by atoms with E-state index >= 15 is 0 Å². The highest BCUT2D eigenvalue weighted by atomic mass is 32.2. The SMILES string of the molecule is CC[C@@H](CCC[C@@](NCCC(C)C)(C(=O)O)S(=O)(=O)c1ccc(N)cc1)NC(=O)[C@@H](NC(=O)OC)C(c1ccccc1)c1ccccc1. The molecule has 0 unspecified atom stereocenters. The van der Waals surface area contributed by atoms with E-state index in [9.17, 15) is 27.9 Å². The lowest BCUT2D eigenvalue weighted by molar-refractivity contribution is -0.141. The number of benzene rings is 3. The fourth-order valence-corrected chi connectivity index (χ4v) is 7.51. The fraction of sp³-hybridized carbons (Fsp3) is 0.417. The van der Waals surface area contributed by atoms with Crippen molar-refractivity contribution in [3.05, 3.63) is 96.1 Å². The van der Waals surface area contributed by atoms with Crippen LogP contribution in [-0.2, 0) is 24.2 Å². The third-order valence-corrected chi connectivity index (χ3v) is 10.8. The number of ether oxygens (including phenoxy) is 1. The number of rotatable bonds is 18. The molecule has 0 spiro atoms. The van der Waals surface area contributed by atoms with Crippen molar-refractivity contribution in [1.29, 1.82) is 0 Å². The van der Waals surface area contributed by atoms with Crippen LogP contribution in [-0.4, -0.2) is 62.1 Å². The lowest BCUT2D eigenvalue weighted by Gasteiger charge is -2.32. The molecule has 6 N–H and O–H groups in total. The lowest BCUT2D eigenvalue weighted by Crippen LogP contribution is -2.58. The number of carbonyl (C=O) groups excluding carboxylic acids is 2.